The zero-order valence-corrected chi connectivity index (χ0v) is 14.9. The Morgan fingerprint density at radius 1 is 1.07 bits per heavy atom. The van der Waals surface area contributed by atoms with Crippen molar-refractivity contribution in [3.05, 3.63) is 70.8 Å². The van der Waals surface area contributed by atoms with Gasteiger partial charge in [0, 0.05) is 5.56 Å². The molecule has 7 nitrogen and oxygen atoms in total. The Morgan fingerprint density at radius 2 is 1.85 bits per heavy atom. The number of fused-ring (bicyclic) bond motifs is 1. The van der Waals surface area contributed by atoms with Crippen molar-refractivity contribution in [2.24, 2.45) is 0 Å². The van der Waals surface area contributed by atoms with Crippen LogP contribution in [0.4, 0.5) is 0 Å². The van der Waals surface area contributed by atoms with E-state index in [1.54, 1.807) is 18.2 Å². The van der Waals surface area contributed by atoms with Crippen LogP contribution < -0.4 is 5.56 Å². The molecule has 0 bridgehead atoms. The predicted octanol–water partition coefficient (Wildman–Crippen LogP) is 3.26. The molecule has 4 aromatic rings. The molecular formula is C19H13N5O2S. The lowest BCUT2D eigenvalue weighted by Crippen LogP contribution is -2.24. The maximum atomic E-state index is 12.7. The summed E-state index contributed by atoms with van der Waals surface area (Å²) in [5, 5.41) is 18.0. The molecule has 0 aliphatic rings. The van der Waals surface area contributed by atoms with Crippen molar-refractivity contribution in [3.8, 4) is 17.5 Å². The van der Waals surface area contributed by atoms with Gasteiger partial charge in [-0.2, -0.15) is 5.26 Å². The Balaban J connectivity index is 1.62. The normalized spacial score (nSPS) is 10.8. The van der Waals surface area contributed by atoms with Crippen molar-refractivity contribution >= 4 is 22.7 Å². The minimum atomic E-state index is -0.228. The molecule has 0 atom stereocenters. The fourth-order valence-corrected chi connectivity index (χ4v) is 3.36. The third-order valence-electron chi connectivity index (χ3n) is 3.92. The summed E-state index contributed by atoms with van der Waals surface area (Å²) in [5.41, 5.74) is 1.21. The first kappa shape index (κ1) is 17.0. The van der Waals surface area contributed by atoms with E-state index in [1.807, 2.05) is 42.5 Å². The second kappa shape index (κ2) is 7.43. The second-order valence-electron chi connectivity index (χ2n) is 5.62. The lowest BCUT2D eigenvalue weighted by molar-refractivity contribution is 0.465. The van der Waals surface area contributed by atoms with Crippen molar-refractivity contribution in [1.82, 2.24) is 19.7 Å². The van der Waals surface area contributed by atoms with Crippen molar-refractivity contribution in [2.75, 3.05) is 0 Å². The summed E-state index contributed by atoms with van der Waals surface area (Å²) in [4.78, 5) is 17.2. The highest BCUT2D eigenvalue weighted by Gasteiger charge is 2.14. The van der Waals surface area contributed by atoms with Crippen molar-refractivity contribution < 1.29 is 4.42 Å². The van der Waals surface area contributed by atoms with Gasteiger partial charge in [-0.15, -0.1) is 10.2 Å². The summed E-state index contributed by atoms with van der Waals surface area (Å²) in [6.07, 6.45) is 0. The Morgan fingerprint density at radius 3 is 2.67 bits per heavy atom. The molecule has 0 spiro atoms. The van der Waals surface area contributed by atoms with E-state index < -0.39 is 0 Å². The van der Waals surface area contributed by atoms with E-state index in [4.69, 9.17) is 9.68 Å². The molecule has 2 heterocycles. The van der Waals surface area contributed by atoms with E-state index in [2.05, 4.69) is 15.2 Å². The zero-order chi connectivity index (χ0) is 18.6. The van der Waals surface area contributed by atoms with Gasteiger partial charge in [0.25, 0.3) is 10.8 Å². The molecule has 8 heteroatoms. The highest BCUT2D eigenvalue weighted by Crippen LogP contribution is 2.25. The summed E-state index contributed by atoms with van der Waals surface area (Å²) < 4.78 is 7.05. The number of rotatable bonds is 5. The summed E-state index contributed by atoms with van der Waals surface area (Å²) in [5.74, 6) is 1.25. The van der Waals surface area contributed by atoms with Crippen LogP contribution in [-0.2, 0) is 12.3 Å². The van der Waals surface area contributed by atoms with Crippen LogP contribution in [0.3, 0.4) is 0 Å². The summed E-state index contributed by atoms with van der Waals surface area (Å²) in [6.45, 7) is -0.0638. The van der Waals surface area contributed by atoms with Crippen LogP contribution in [0.15, 0.2) is 69.0 Å². The number of nitriles is 1. The minimum Gasteiger partial charge on any atom is -0.411 e. The SMILES string of the molecule is N#CCn1c(CSc2nnc(-c3ccccc3)o2)nc2ccccc2c1=O. The van der Waals surface area contributed by atoms with Crippen LogP contribution in [-0.4, -0.2) is 19.7 Å². The molecular weight excluding hydrogens is 362 g/mol. The minimum absolute atomic E-state index is 0.0638. The fraction of sp³-hybridized carbons (Fsp3) is 0.105. The molecule has 0 fully saturated rings. The molecule has 0 saturated heterocycles. The maximum absolute atomic E-state index is 12.7. The summed E-state index contributed by atoms with van der Waals surface area (Å²) >= 11 is 1.27. The van der Waals surface area contributed by atoms with Crippen LogP contribution in [0.2, 0.25) is 0 Å². The molecule has 0 unspecified atom stereocenters. The van der Waals surface area contributed by atoms with Crippen LogP contribution >= 0.6 is 11.8 Å². The van der Waals surface area contributed by atoms with Crippen LogP contribution in [0.25, 0.3) is 22.4 Å². The Kier molecular flexibility index (Phi) is 4.68. The van der Waals surface area contributed by atoms with Gasteiger partial charge in [-0.1, -0.05) is 42.1 Å². The largest absolute Gasteiger partial charge is 0.411 e. The van der Waals surface area contributed by atoms with E-state index in [0.717, 1.165) is 5.56 Å². The first-order valence-corrected chi connectivity index (χ1v) is 9.12. The van der Waals surface area contributed by atoms with Crippen molar-refractivity contribution in [2.45, 2.75) is 17.5 Å². The standard InChI is InChI=1S/C19H13N5O2S/c20-10-11-24-16(21-15-9-5-4-8-14(15)18(24)25)12-27-19-23-22-17(26-19)13-6-2-1-3-7-13/h1-9H,11-12H2. The molecule has 0 N–H and O–H groups in total. The lowest BCUT2D eigenvalue weighted by atomic mass is 10.2. The number of para-hydroxylation sites is 1. The summed E-state index contributed by atoms with van der Waals surface area (Å²) in [7, 11) is 0. The molecule has 0 aliphatic carbocycles. The molecule has 27 heavy (non-hydrogen) atoms. The fourth-order valence-electron chi connectivity index (χ4n) is 2.65. The monoisotopic (exact) mass is 375 g/mol. The highest BCUT2D eigenvalue weighted by molar-refractivity contribution is 7.98. The predicted molar refractivity (Wildman–Crippen MR) is 101 cm³/mol. The lowest BCUT2D eigenvalue weighted by Gasteiger charge is -2.09. The highest BCUT2D eigenvalue weighted by atomic mass is 32.2. The third-order valence-corrected chi connectivity index (χ3v) is 4.74. The van der Waals surface area contributed by atoms with Gasteiger partial charge in [-0.05, 0) is 24.3 Å². The first-order valence-electron chi connectivity index (χ1n) is 8.13. The molecule has 0 saturated carbocycles. The third kappa shape index (κ3) is 3.45. The molecule has 4 rings (SSSR count). The Hall–Kier alpha value is -3.44. The van der Waals surface area contributed by atoms with Crippen LogP contribution in [0.1, 0.15) is 5.82 Å². The number of thioether (sulfide) groups is 1. The van der Waals surface area contributed by atoms with E-state index in [-0.39, 0.29) is 12.1 Å². The molecule has 0 radical (unpaired) electrons. The average molecular weight is 375 g/mol. The second-order valence-corrected chi connectivity index (χ2v) is 6.55. The molecule has 0 aliphatic heterocycles. The van der Waals surface area contributed by atoms with Gasteiger partial charge in [0.15, 0.2) is 0 Å². The number of hydrogen-bond acceptors (Lipinski definition) is 7. The van der Waals surface area contributed by atoms with Crippen LogP contribution in [0, 0.1) is 11.3 Å². The van der Waals surface area contributed by atoms with Gasteiger partial charge >= 0.3 is 0 Å². The van der Waals surface area contributed by atoms with Gasteiger partial charge < -0.3 is 4.42 Å². The van der Waals surface area contributed by atoms with Gasteiger partial charge in [-0.25, -0.2) is 4.98 Å². The number of aromatic nitrogens is 4. The van der Waals surface area contributed by atoms with E-state index >= 15 is 0 Å². The van der Waals surface area contributed by atoms with Gasteiger partial charge in [0.2, 0.25) is 5.89 Å². The topological polar surface area (TPSA) is 97.6 Å². The van der Waals surface area contributed by atoms with E-state index in [9.17, 15) is 4.79 Å². The molecule has 0 amide bonds. The van der Waals surface area contributed by atoms with Crippen LogP contribution in [0.5, 0.6) is 0 Å². The smallest absolute Gasteiger partial charge is 0.277 e. The van der Waals surface area contributed by atoms with Crippen molar-refractivity contribution in [3.63, 3.8) is 0 Å². The average Bonchev–Trinajstić information content (AvgIpc) is 3.19. The number of nitrogens with zero attached hydrogens (tertiary/aromatic N) is 5. The maximum Gasteiger partial charge on any atom is 0.277 e. The number of hydrogen-bond donors (Lipinski definition) is 0. The zero-order valence-electron chi connectivity index (χ0n) is 14.1. The van der Waals surface area contributed by atoms with Gasteiger partial charge in [-0.3, -0.25) is 9.36 Å². The number of benzene rings is 2. The Labute approximate surface area is 158 Å². The van der Waals surface area contributed by atoms with Gasteiger partial charge in [0.1, 0.15) is 12.4 Å². The van der Waals surface area contributed by atoms with Gasteiger partial charge in [0.05, 0.1) is 22.7 Å². The molecule has 132 valence electrons. The Bertz CT molecular complexity index is 1190. The van der Waals surface area contributed by atoms with E-state index in [1.165, 1.54) is 16.3 Å². The molecule has 2 aromatic carbocycles. The first-order chi connectivity index (χ1) is 13.3. The summed E-state index contributed by atoms with van der Waals surface area (Å²) in [6, 6.07) is 18.6. The molecule has 2 aromatic heterocycles. The quantitative estimate of drug-likeness (QED) is 0.494. The van der Waals surface area contributed by atoms with E-state index in [0.29, 0.717) is 33.6 Å². The van der Waals surface area contributed by atoms with Crippen molar-refractivity contribution in [1.29, 1.82) is 5.26 Å².